The summed E-state index contributed by atoms with van der Waals surface area (Å²) in [5.41, 5.74) is 1.02. The molecular formula is C8H6ClI. The fourth-order valence-corrected chi connectivity index (χ4v) is 1.72. The van der Waals surface area contributed by atoms with Crippen molar-refractivity contribution in [3.63, 3.8) is 0 Å². The summed E-state index contributed by atoms with van der Waals surface area (Å²) in [6.45, 7) is 3.65. The Bertz CT molecular complexity index is 255. The van der Waals surface area contributed by atoms with Crippen LogP contribution in [0.15, 0.2) is 30.8 Å². The molecule has 0 fully saturated rings. The smallest absolute Gasteiger partial charge is 0.0417 e. The number of rotatable bonds is 1. The van der Waals surface area contributed by atoms with E-state index in [1.165, 1.54) is 0 Å². The van der Waals surface area contributed by atoms with Crippen LogP contribution in [0, 0.1) is 3.57 Å². The SMILES string of the molecule is C=C(Cl)c1ccccc1I. The molecule has 0 aliphatic carbocycles. The Labute approximate surface area is 79.0 Å². The van der Waals surface area contributed by atoms with Gasteiger partial charge in [0.15, 0.2) is 0 Å². The Balaban J connectivity index is 3.15. The van der Waals surface area contributed by atoms with E-state index in [-0.39, 0.29) is 0 Å². The maximum absolute atomic E-state index is 5.71. The molecule has 0 bridgehead atoms. The molecule has 10 heavy (non-hydrogen) atoms. The highest BCUT2D eigenvalue weighted by atomic mass is 127. The van der Waals surface area contributed by atoms with Crippen molar-refractivity contribution in [2.45, 2.75) is 0 Å². The van der Waals surface area contributed by atoms with Crippen molar-refractivity contribution in [1.29, 1.82) is 0 Å². The fraction of sp³-hybridized carbons (Fsp3) is 0. The second-order valence-electron chi connectivity index (χ2n) is 1.88. The molecule has 0 unspecified atom stereocenters. The molecule has 0 aromatic heterocycles. The first-order valence-corrected chi connectivity index (χ1v) is 4.27. The quantitative estimate of drug-likeness (QED) is 0.681. The van der Waals surface area contributed by atoms with Crippen molar-refractivity contribution in [2.24, 2.45) is 0 Å². The van der Waals surface area contributed by atoms with Gasteiger partial charge < -0.3 is 0 Å². The Morgan fingerprint density at radius 2 is 2.00 bits per heavy atom. The van der Waals surface area contributed by atoms with Gasteiger partial charge in [0, 0.05) is 14.2 Å². The molecule has 0 saturated heterocycles. The molecule has 1 aromatic carbocycles. The maximum atomic E-state index is 5.71. The van der Waals surface area contributed by atoms with Crippen molar-refractivity contribution in [3.05, 3.63) is 40.0 Å². The number of hydrogen-bond donors (Lipinski definition) is 0. The van der Waals surface area contributed by atoms with Gasteiger partial charge in [-0.25, -0.2) is 0 Å². The molecule has 1 rings (SSSR count). The lowest BCUT2D eigenvalue weighted by atomic mass is 10.2. The van der Waals surface area contributed by atoms with Gasteiger partial charge in [-0.05, 0) is 28.7 Å². The molecule has 0 atom stereocenters. The van der Waals surface area contributed by atoms with E-state index in [2.05, 4.69) is 29.2 Å². The van der Waals surface area contributed by atoms with Crippen LogP contribution in [0.4, 0.5) is 0 Å². The Morgan fingerprint density at radius 1 is 1.40 bits per heavy atom. The lowest BCUT2D eigenvalue weighted by molar-refractivity contribution is 1.59. The van der Waals surface area contributed by atoms with Gasteiger partial charge in [-0.2, -0.15) is 0 Å². The number of halogens is 2. The minimum absolute atomic E-state index is 0.602. The van der Waals surface area contributed by atoms with Gasteiger partial charge in [0.1, 0.15) is 0 Å². The van der Waals surface area contributed by atoms with Gasteiger partial charge in [0.05, 0.1) is 0 Å². The zero-order chi connectivity index (χ0) is 7.56. The largest absolute Gasteiger partial charge is 0.0843 e. The topological polar surface area (TPSA) is 0 Å². The van der Waals surface area contributed by atoms with E-state index in [4.69, 9.17) is 11.6 Å². The molecule has 1 aromatic rings. The van der Waals surface area contributed by atoms with E-state index in [1.54, 1.807) is 0 Å². The van der Waals surface area contributed by atoms with Gasteiger partial charge in [0.25, 0.3) is 0 Å². The molecule has 0 nitrogen and oxygen atoms in total. The van der Waals surface area contributed by atoms with Crippen LogP contribution in [0.2, 0.25) is 0 Å². The van der Waals surface area contributed by atoms with Crippen LogP contribution < -0.4 is 0 Å². The summed E-state index contributed by atoms with van der Waals surface area (Å²) in [6.07, 6.45) is 0. The standard InChI is InChI=1S/C8H6ClI/c1-6(9)7-4-2-3-5-8(7)10/h2-5H,1H2. The van der Waals surface area contributed by atoms with E-state index in [0.717, 1.165) is 9.13 Å². The van der Waals surface area contributed by atoms with Crippen molar-refractivity contribution in [1.82, 2.24) is 0 Å². The van der Waals surface area contributed by atoms with E-state index in [9.17, 15) is 0 Å². The van der Waals surface area contributed by atoms with Crippen molar-refractivity contribution >= 4 is 39.2 Å². The predicted octanol–water partition coefficient (Wildman–Crippen LogP) is 3.50. The molecule has 52 valence electrons. The summed E-state index contributed by atoms with van der Waals surface area (Å²) in [6, 6.07) is 7.89. The minimum Gasteiger partial charge on any atom is -0.0843 e. The molecule has 0 aliphatic heterocycles. The molecule has 0 heterocycles. The van der Waals surface area contributed by atoms with Crippen LogP contribution in [0.3, 0.4) is 0 Å². The third-order valence-corrected chi connectivity index (χ3v) is 2.31. The average Bonchev–Trinajstić information content (AvgIpc) is 1.88. The van der Waals surface area contributed by atoms with Gasteiger partial charge in [-0.15, -0.1) is 0 Å². The number of benzene rings is 1. The Morgan fingerprint density at radius 3 is 2.40 bits per heavy atom. The van der Waals surface area contributed by atoms with Gasteiger partial charge >= 0.3 is 0 Å². The normalized spacial score (nSPS) is 9.40. The van der Waals surface area contributed by atoms with Crippen LogP contribution in [0.1, 0.15) is 5.56 Å². The highest BCUT2D eigenvalue weighted by Crippen LogP contribution is 2.21. The summed E-state index contributed by atoms with van der Waals surface area (Å²) in [7, 11) is 0. The molecular weight excluding hydrogens is 258 g/mol. The monoisotopic (exact) mass is 264 g/mol. The molecule has 2 heteroatoms. The average molecular weight is 264 g/mol. The Kier molecular flexibility index (Phi) is 2.74. The molecule has 0 aliphatic rings. The first kappa shape index (κ1) is 8.08. The van der Waals surface area contributed by atoms with E-state index >= 15 is 0 Å². The zero-order valence-electron chi connectivity index (χ0n) is 5.27. The lowest BCUT2D eigenvalue weighted by Crippen LogP contribution is -1.79. The fourth-order valence-electron chi connectivity index (χ4n) is 0.681. The van der Waals surface area contributed by atoms with Crippen LogP contribution in [-0.2, 0) is 0 Å². The highest BCUT2D eigenvalue weighted by Gasteiger charge is 1.97. The molecule has 0 spiro atoms. The second kappa shape index (κ2) is 3.39. The second-order valence-corrected chi connectivity index (χ2v) is 3.50. The summed E-state index contributed by atoms with van der Waals surface area (Å²) in [5.74, 6) is 0. The van der Waals surface area contributed by atoms with Crippen molar-refractivity contribution in [3.8, 4) is 0 Å². The maximum Gasteiger partial charge on any atom is 0.0417 e. The zero-order valence-corrected chi connectivity index (χ0v) is 8.19. The lowest BCUT2D eigenvalue weighted by Gasteiger charge is -1.98. The van der Waals surface area contributed by atoms with E-state index < -0.39 is 0 Å². The van der Waals surface area contributed by atoms with Crippen LogP contribution in [0.5, 0.6) is 0 Å². The first-order chi connectivity index (χ1) is 4.72. The summed E-state index contributed by atoms with van der Waals surface area (Å²) < 4.78 is 1.14. The van der Waals surface area contributed by atoms with Crippen LogP contribution >= 0.6 is 34.2 Å². The third kappa shape index (κ3) is 1.73. The summed E-state index contributed by atoms with van der Waals surface area (Å²) in [4.78, 5) is 0. The summed E-state index contributed by atoms with van der Waals surface area (Å²) in [5, 5.41) is 0.602. The van der Waals surface area contributed by atoms with E-state index in [1.807, 2.05) is 24.3 Å². The molecule has 0 radical (unpaired) electrons. The first-order valence-electron chi connectivity index (χ1n) is 2.81. The molecule has 0 saturated carbocycles. The highest BCUT2D eigenvalue weighted by molar-refractivity contribution is 14.1. The Hall–Kier alpha value is -0.0200. The summed E-state index contributed by atoms with van der Waals surface area (Å²) >= 11 is 7.94. The van der Waals surface area contributed by atoms with Gasteiger partial charge in [-0.1, -0.05) is 36.4 Å². The van der Waals surface area contributed by atoms with Gasteiger partial charge in [-0.3, -0.25) is 0 Å². The van der Waals surface area contributed by atoms with Crippen LogP contribution in [0.25, 0.3) is 5.03 Å². The van der Waals surface area contributed by atoms with Crippen molar-refractivity contribution in [2.75, 3.05) is 0 Å². The predicted molar refractivity (Wildman–Crippen MR) is 54.0 cm³/mol. The molecule has 0 amide bonds. The number of hydrogen-bond acceptors (Lipinski definition) is 0. The van der Waals surface area contributed by atoms with Crippen molar-refractivity contribution < 1.29 is 0 Å². The van der Waals surface area contributed by atoms with Gasteiger partial charge in [0.2, 0.25) is 0 Å². The third-order valence-electron chi connectivity index (χ3n) is 1.17. The van der Waals surface area contributed by atoms with Crippen LogP contribution in [-0.4, -0.2) is 0 Å². The minimum atomic E-state index is 0.602. The van der Waals surface area contributed by atoms with E-state index in [0.29, 0.717) is 5.03 Å². The molecule has 0 N–H and O–H groups in total.